The molecule has 0 saturated heterocycles. The van der Waals surface area contributed by atoms with Gasteiger partial charge in [0.1, 0.15) is 5.82 Å². The fraction of sp³-hybridized carbons (Fsp3) is 0.556. The van der Waals surface area contributed by atoms with E-state index in [1.165, 1.54) is 37.7 Å². The van der Waals surface area contributed by atoms with Gasteiger partial charge >= 0.3 is 0 Å². The maximum atomic E-state index is 13.0. The van der Waals surface area contributed by atoms with Gasteiger partial charge in [0.05, 0.1) is 0 Å². The quantitative estimate of drug-likeness (QED) is 0.584. The highest BCUT2D eigenvalue weighted by Crippen LogP contribution is 2.40. The van der Waals surface area contributed by atoms with E-state index < -0.39 is 0 Å². The maximum absolute atomic E-state index is 13.0. The second kappa shape index (κ2) is 8.14. The van der Waals surface area contributed by atoms with E-state index in [4.69, 9.17) is 0 Å². The van der Waals surface area contributed by atoms with E-state index in [0.717, 1.165) is 6.42 Å². The lowest BCUT2D eigenvalue weighted by Gasteiger charge is -2.35. The fourth-order valence-electron chi connectivity index (χ4n) is 2.86. The summed E-state index contributed by atoms with van der Waals surface area (Å²) in [6.45, 7) is 6.16. The van der Waals surface area contributed by atoms with Gasteiger partial charge in [-0.2, -0.15) is 0 Å². The topological polar surface area (TPSA) is 0 Å². The van der Waals surface area contributed by atoms with Gasteiger partial charge in [-0.25, -0.2) is 4.39 Å². The van der Waals surface area contributed by atoms with Gasteiger partial charge in [-0.1, -0.05) is 64.3 Å². The molecule has 1 aromatic rings. The summed E-state index contributed by atoms with van der Waals surface area (Å²) in [5.41, 5.74) is 1.45. The number of rotatable bonds is 3. The molecule has 0 unspecified atom stereocenters. The van der Waals surface area contributed by atoms with E-state index >= 15 is 0 Å². The number of benzene rings is 1. The monoisotopic (exact) mass is 262 g/mol. The van der Waals surface area contributed by atoms with Gasteiger partial charge in [-0.05, 0) is 37.0 Å². The molecule has 0 N–H and O–H groups in total. The molecule has 1 saturated carbocycles. The molecule has 0 aliphatic heterocycles. The van der Waals surface area contributed by atoms with Gasteiger partial charge in [0.2, 0.25) is 0 Å². The van der Waals surface area contributed by atoms with Gasteiger partial charge in [0.15, 0.2) is 0 Å². The van der Waals surface area contributed by atoms with Crippen molar-refractivity contribution >= 4 is 0 Å². The molecule has 0 spiro atoms. The first kappa shape index (κ1) is 15.9. The molecular weight excluding hydrogens is 235 g/mol. The number of hydrogen-bond acceptors (Lipinski definition) is 0. The van der Waals surface area contributed by atoms with E-state index in [1.54, 1.807) is 12.1 Å². The Hall–Kier alpha value is -1.11. The lowest BCUT2D eigenvalue weighted by atomic mass is 9.69. The SMILES string of the molecule is CC.CC/C=C/C1(c2ccc(F)cc2)CCCCC1. The minimum absolute atomic E-state index is 0.140. The van der Waals surface area contributed by atoms with Gasteiger partial charge in [-0.15, -0.1) is 0 Å². The average molecular weight is 262 g/mol. The third kappa shape index (κ3) is 4.19. The predicted octanol–water partition coefficient (Wildman–Crippen LogP) is 6.02. The first-order valence-electron chi connectivity index (χ1n) is 7.70. The summed E-state index contributed by atoms with van der Waals surface area (Å²) in [5, 5.41) is 0. The first-order valence-corrected chi connectivity index (χ1v) is 7.70. The van der Waals surface area contributed by atoms with Crippen molar-refractivity contribution in [2.24, 2.45) is 0 Å². The molecule has 0 nitrogen and oxygen atoms in total. The van der Waals surface area contributed by atoms with E-state index in [9.17, 15) is 4.39 Å². The van der Waals surface area contributed by atoms with Crippen molar-refractivity contribution in [3.63, 3.8) is 0 Å². The zero-order valence-electron chi connectivity index (χ0n) is 12.6. The van der Waals surface area contributed by atoms with Crippen LogP contribution in [0.4, 0.5) is 4.39 Å². The van der Waals surface area contributed by atoms with Gasteiger partial charge in [0, 0.05) is 5.41 Å². The normalized spacial score (nSPS) is 17.9. The molecule has 2 rings (SSSR count). The van der Waals surface area contributed by atoms with Crippen LogP contribution < -0.4 is 0 Å². The maximum Gasteiger partial charge on any atom is 0.123 e. The van der Waals surface area contributed by atoms with Crippen LogP contribution in [0.5, 0.6) is 0 Å². The summed E-state index contributed by atoms with van der Waals surface area (Å²) in [6, 6.07) is 7.10. The van der Waals surface area contributed by atoms with Crippen LogP contribution in [-0.2, 0) is 5.41 Å². The Kier molecular flexibility index (Phi) is 6.83. The molecule has 0 heterocycles. The molecule has 19 heavy (non-hydrogen) atoms. The van der Waals surface area contributed by atoms with E-state index in [-0.39, 0.29) is 11.2 Å². The molecule has 1 aliphatic carbocycles. The first-order chi connectivity index (χ1) is 9.27. The Balaban J connectivity index is 0.000000861. The van der Waals surface area contributed by atoms with Crippen molar-refractivity contribution in [1.29, 1.82) is 0 Å². The molecule has 0 radical (unpaired) electrons. The van der Waals surface area contributed by atoms with Gasteiger partial charge in [0.25, 0.3) is 0 Å². The van der Waals surface area contributed by atoms with E-state index in [0.29, 0.717) is 0 Å². The summed E-state index contributed by atoms with van der Waals surface area (Å²) in [5.74, 6) is -0.140. The third-order valence-corrected chi connectivity index (χ3v) is 3.84. The Morgan fingerprint density at radius 3 is 2.16 bits per heavy atom. The smallest absolute Gasteiger partial charge is 0.123 e. The Morgan fingerprint density at radius 2 is 1.63 bits per heavy atom. The lowest BCUT2D eigenvalue weighted by molar-refractivity contribution is 0.356. The Morgan fingerprint density at radius 1 is 1.05 bits per heavy atom. The summed E-state index contributed by atoms with van der Waals surface area (Å²) in [6.07, 6.45) is 12.0. The fourth-order valence-corrected chi connectivity index (χ4v) is 2.86. The van der Waals surface area contributed by atoms with Crippen LogP contribution in [0.2, 0.25) is 0 Å². The Bertz CT molecular complexity index is 369. The largest absolute Gasteiger partial charge is 0.207 e. The van der Waals surface area contributed by atoms with E-state index in [1.807, 2.05) is 26.0 Å². The summed E-state index contributed by atoms with van der Waals surface area (Å²) < 4.78 is 13.0. The summed E-state index contributed by atoms with van der Waals surface area (Å²) >= 11 is 0. The second-order valence-electron chi connectivity index (χ2n) is 5.03. The number of halogens is 1. The molecule has 1 heteroatoms. The minimum atomic E-state index is -0.140. The average Bonchev–Trinajstić information content (AvgIpc) is 2.49. The molecule has 106 valence electrons. The van der Waals surface area contributed by atoms with Crippen molar-refractivity contribution in [3.05, 3.63) is 47.8 Å². The van der Waals surface area contributed by atoms with Crippen LogP contribution in [-0.4, -0.2) is 0 Å². The van der Waals surface area contributed by atoms with Crippen LogP contribution in [0.15, 0.2) is 36.4 Å². The van der Waals surface area contributed by atoms with Crippen molar-refractivity contribution in [1.82, 2.24) is 0 Å². The third-order valence-electron chi connectivity index (χ3n) is 3.84. The molecule has 1 fully saturated rings. The van der Waals surface area contributed by atoms with Crippen LogP contribution in [0.25, 0.3) is 0 Å². The Labute approximate surface area is 117 Å². The second-order valence-corrected chi connectivity index (χ2v) is 5.03. The van der Waals surface area contributed by atoms with Crippen LogP contribution in [0.3, 0.4) is 0 Å². The standard InChI is InChI=1S/C16H21F.C2H6/c1-2-3-11-16(12-5-4-6-13-16)14-7-9-15(17)10-8-14;1-2/h3,7-11H,2,4-6,12-13H2,1H3;1-2H3/b11-3+;. The molecule has 1 aliphatic rings. The van der Waals surface area contributed by atoms with Crippen LogP contribution in [0, 0.1) is 5.82 Å². The number of hydrogen-bond donors (Lipinski definition) is 0. The predicted molar refractivity (Wildman–Crippen MR) is 81.9 cm³/mol. The zero-order valence-corrected chi connectivity index (χ0v) is 12.6. The highest BCUT2D eigenvalue weighted by atomic mass is 19.1. The molecule has 0 bridgehead atoms. The minimum Gasteiger partial charge on any atom is -0.207 e. The molecule has 1 aromatic carbocycles. The number of allylic oxidation sites excluding steroid dienone is 2. The molecule has 0 aromatic heterocycles. The molecule has 0 atom stereocenters. The van der Waals surface area contributed by atoms with Crippen LogP contribution in [0.1, 0.15) is 64.9 Å². The van der Waals surface area contributed by atoms with Crippen molar-refractivity contribution in [3.8, 4) is 0 Å². The van der Waals surface area contributed by atoms with Crippen molar-refractivity contribution in [2.75, 3.05) is 0 Å². The highest BCUT2D eigenvalue weighted by molar-refractivity contribution is 5.32. The van der Waals surface area contributed by atoms with Gasteiger partial charge < -0.3 is 0 Å². The molecular formula is C18H27F. The molecule has 0 amide bonds. The summed E-state index contributed by atoms with van der Waals surface area (Å²) in [7, 11) is 0. The zero-order chi connectivity index (χ0) is 14.1. The lowest BCUT2D eigenvalue weighted by Crippen LogP contribution is -2.26. The van der Waals surface area contributed by atoms with Crippen molar-refractivity contribution < 1.29 is 4.39 Å². The van der Waals surface area contributed by atoms with Crippen LogP contribution >= 0.6 is 0 Å². The summed E-state index contributed by atoms with van der Waals surface area (Å²) in [4.78, 5) is 0. The highest BCUT2D eigenvalue weighted by Gasteiger charge is 2.30. The van der Waals surface area contributed by atoms with Gasteiger partial charge in [-0.3, -0.25) is 0 Å². The van der Waals surface area contributed by atoms with E-state index in [2.05, 4.69) is 19.1 Å². The van der Waals surface area contributed by atoms with Crippen molar-refractivity contribution in [2.45, 2.75) is 64.7 Å².